The number of carbonyl (C=O) groups excluding carboxylic acids is 2. The smallest absolute Gasteiger partial charge is 0.174 e. The highest BCUT2D eigenvalue weighted by atomic mass is 19.1. The summed E-state index contributed by atoms with van der Waals surface area (Å²) in [5.74, 6) is -1.80. The van der Waals surface area contributed by atoms with Crippen LogP contribution in [0.5, 0.6) is 0 Å². The molecule has 0 spiro atoms. The average molecular weight is 255 g/mol. The molecule has 0 saturated carbocycles. The molecule has 94 valence electrons. The second kappa shape index (κ2) is 4.39. The molecule has 1 heterocycles. The molecule has 1 aromatic heterocycles. The minimum Gasteiger partial charge on any atom is -0.293 e. The molecule has 3 rings (SSSR count). The van der Waals surface area contributed by atoms with E-state index < -0.39 is 11.7 Å². The van der Waals surface area contributed by atoms with E-state index in [4.69, 9.17) is 0 Å². The minimum absolute atomic E-state index is 0.141. The molecule has 1 aliphatic carbocycles. The maximum absolute atomic E-state index is 13.6. The lowest BCUT2D eigenvalue weighted by Crippen LogP contribution is -2.20. The van der Waals surface area contributed by atoms with E-state index in [1.54, 1.807) is 18.2 Å². The first kappa shape index (κ1) is 11.7. The lowest BCUT2D eigenvalue weighted by atomic mass is 9.95. The van der Waals surface area contributed by atoms with Gasteiger partial charge < -0.3 is 0 Å². The highest BCUT2D eigenvalue weighted by Crippen LogP contribution is 2.30. The number of rotatable bonds is 2. The van der Waals surface area contributed by atoms with E-state index >= 15 is 0 Å². The molecule has 1 atom stereocenters. The van der Waals surface area contributed by atoms with Crippen LogP contribution in [0.15, 0.2) is 42.7 Å². The highest BCUT2D eigenvalue weighted by molar-refractivity contribution is 6.18. The molecule has 3 nitrogen and oxygen atoms in total. The molecule has 1 aromatic carbocycles. The van der Waals surface area contributed by atoms with E-state index in [0.717, 1.165) is 0 Å². The van der Waals surface area contributed by atoms with Crippen LogP contribution in [0.4, 0.5) is 4.39 Å². The van der Waals surface area contributed by atoms with Crippen molar-refractivity contribution in [2.75, 3.05) is 0 Å². The van der Waals surface area contributed by atoms with Crippen LogP contribution < -0.4 is 0 Å². The molecule has 19 heavy (non-hydrogen) atoms. The quantitative estimate of drug-likeness (QED) is 0.611. The number of hydrogen-bond donors (Lipinski definition) is 0. The Morgan fingerprint density at radius 2 is 1.95 bits per heavy atom. The SMILES string of the molecule is O=C(c1ccncc1)C1Cc2c(F)cccc2C1=O. The zero-order chi connectivity index (χ0) is 13.4. The molecule has 2 aromatic rings. The summed E-state index contributed by atoms with van der Waals surface area (Å²) in [6, 6.07) is 7.50. The summed E-state index contributed by atoms with van der Waals surface area (Å²) in [7, 11) is 0. The number of Topliss-reactive ketones (excluding diaryl/α,β-unsaturated/α-hetero) is 2. The molecule has 1 aliphatic rings. The Kier molecular flexibility index (Phi) is 2.71. The molecule has 0 fully saturated rings. The van der Waals surface area contributed by atoms with Gasteiger partial charge >= 0.3 is 0 Å². The van der Waals surface area contributed by atoms with Gasteiger partial charge in [0, 0.05) is 23.5 Å². The normalized spacial score (nSPS) is 17.3. The summed E-state index contributed by atoms with van der Waals surface area (Å²) >= 11 is 0. The van der Waals surface area contributed by atoms with Crippen LogP contribution in [0.1, 0.15) is 26.3 Å². The topological polar surface area (TPSA) is 47.0 Å². The van der Waals surface area contributed by atoms with Gasteiger partial charge in [-0.3, -0.25) is 14.6 Å². The third-order valence-electron chi connectivity index (χ3n) is 3.39. The predicted octanol–water partition coefficient (Wildman–Crippen LogP) is 2.46. The van der Waals surface area contributed by atoms with Crippen molar-refractivity contribution in [3.63, 3.8) is 0 Å². The minimum atomic E-state index is -0.811. The van der Waals surface area contributed by atoms with Gasteiger partial charge in [0.2, 0.25) is 0 Å². The zero-order valence-corrected chi connectivity index (χ0v) is 9.97. The third-order valence-corrected chi connectivity index (χ3v) is 3.39. The molecule has 0 aliphatic heterocycles. The summed E-state index contributed by atoms with van der Waals surface area (Å²) in [4.78, 5) is 28.3. The van der Waals surface area contributed by atoms with Crippen molar-refractivity contribution in [3.8, 4) is 0 Å². The lowest BCUT2D eigenvalue weighted by molar-refractivity contribution is 0.0822. The Balaban J connectivity index is 1.97. The monoisotopic (exact) mass is 255 g/mol. The first-order valence-electron chi connectivity index (χ1n) is 5.94. The third kappa shape index (κ3) is 1.85. The summed E-state index contributed by atoms with van der Waals surface area (Å²) < 4.78 is 13.6. The number of carbonyl (C=O) groups is 2. The van der Waals surface area contributed by atoms with E-state index in [-0.39, 0.29) is 18.0 Å². The maximum Gasteiger partial charge on any atom is 0.174 e. The van der Waals surface area contributed by atoms with Gasteiger partial charge in [-0.2, -0.15) is 0 Å². The van der Waals surface area contributed by atoms with Crippen molar-refractivity contribution in [1.29, 1.82) is 0 Å². The van der Waals surface area contributed by atoms with E-state index in [9.17, 15) is 14.0 Å². The molecule has 4 heteroatoms. The summed E-state index contributed by atoms with van der Waals surface area (Å²) in [5, 5.41) is 0. The van der Waals surface area contributed by atoms with Crippen LogP contribution >= 0.6 is 0 Å². The van der Waals surface area contributed by atoms with Crippen molar-refractivity contribution in [3.05, 3.63) is 65.2 Å². The van der Waals surface area contributed by atoms with Crippen LogP contribution in [0.3, 0.4) is 0 Å². The second-order valence-electron chi connectivity index (χ2n) is 4.49. The van der Waals surface area contributed by atoms with Crippen molar-refractivity contribution in [2.45, 2.75) is 6.42 Å². The first-order chi connectivity index (χ1) is 9.18. The predicted molar refractivity (Wildman–Crippen MR) is 66.5 cm³/mol. The average Bonchev–Trinajstić information content (AvgIpc) is 2.78. The molecule has 0 amide bonds. The van der Waals surface area contributed by atoms with E-state index in [2.05, 4.69) is 4.98 Å². The largest absolute Gasteiger partial charge is 0.293 e. The van der Waals surface area contributed by atoms with Crippen LogP contribution in [0.2, 0.25) is 0 Å². The van der Waals surface area contributed by atoms with Gasteiger partial charge in [-0.1, -0.05) is 12.1 Å². The molecular weight excluding hydrogens is 245 g/mol. The van der Waals surface area contributed by atoms with E-state index in [1.165, 1.54) is 24.5 Å². The molecule has 0 N–H and O–H groups in total. The van der Waals surface area contributed by atoms with Crippen LogP contribution in [0.25, 0.3) is 0 Å². The van der Waals surface area contributed by atoms with Gasteiger partial charge in [-0.05, 0) is 30.2 Å². The Hall–Kier alpha value is -2.36. The Labute approximate surface area is 109 Å². The summed E-state index contributed by atoms with van der Waals surface area (Å²) in [6.45, 7) is 0. The summed E-state index contributed by atoms with van der Waals surface area (Å²) in [6.07, 6.45) is 3.14. The Morgan fingerprint density at radius 1 is 1.21 bits per heavy atom. The number of nitrogens with zero attached hydrogens (tertiary/aromatic N) is 1. The van der Waals surface area contributed by atoms with Crippen LogP contribution in [-0.2, 0) is 6.42 Å². The molecule has 0 bridgehead atoms. The maximum atomic E-state index is 13.6. The standard InChI is InChI=1S/C15H10FNO2/c16-13-3-1-2-10-11(13)8-12(15(10)19)14(18)9-4-6-17-7-5-9/h1-7,12H,8H2. The van der Waals surface area contributed by atoms with Crippen molar-refractivity contribution in [1.82, 2.24) is 4.98 Å². The zero-order valence-electron chi connectivity index (χ0n) is 9.97. The molecule has 0 saturated heterocycles. The number of fused-ring (bicyclic) bond motifs is 1. The Morgan fingerprint density at radius 3 is 2.63 bits per heavy atom. The van der Waals surface area contributed by atoms with Crippen molar-refractivity contribution in [2.24, 2.45) is 5.92 Å². The van der Waals surface area contributed by atoms with Gasteiger partial charge in [0.05, 0.1) is 5.92 Å². The van der Waals surface area contributed by atoms with Gasteiger partial charge in [0.15, 0.2) is 11.6 Å². The Bertz CT molecular complexity index is 667. The van der Waals surface area contributed by atoms with Crippen molar-refractivity contribution < 1.29 is 14.0 Å². The fraction of sp³-hybridized carbons (Fsp3) is 0.133. The van der Waals surface area contributed by atoms with Gasteiger partial charge in [-0.15, -0.1) is 0 Å². The van der Waals surface area contributed by atoms with Gasteiger partial charge in [-0.25, -0.2) is 4.39 Å². The molecular formula is C15H10FNO2. The fourth-order valence-corrected chi connectivity index (χ4v) is 2.41. The first-order valence-corrected chi connectivity index (χ1v) is 5.94. The van der Waals surface area contributed by atoms with Crippen molar-refractivity contribution >= 4 is 11.6 Å². The molecule has 1 unspecified atom stereocenters. The van der Waals surface area contributed by atoms with Gasteiger partial charge in [0.25, 0.3) is 0 Å². The van der Waals surface area contributed by atoms with Crippen LogP contribution in [0, 0.1) is 11.7 Å². The van der Waals surface area contributed by atoms with Gasteiger partial charge in [0.1, 0.15) is 5.82 Å². The van der Waals surface area contributed by atoms with Crippen LogP contribution in [-0.4, -0.2) is 16.6 Å². The fourth-order valence-electron chi connectivity index (χ4n) is 2.41. The number of aromatic nitrogens is 1. The number of pyridine rings is 1. The van der Waals surface area contributed by atoms with E-state index in [1.807, 2.05) is 0 Å². The summed E-state index contributed by atoms with van der Waals surface area (Å²) in [5.41, 5.74) is 1.11. The second-order valence-corrected chi connectivity index (χ2v) is 4.49. The lowest BCUT2D eigenvalue weighted by Gasteiger charge is -2.06. The highest BCUT2D eigenvalue weighted by Gasteiger charge is 2.37. The molecule has 0 radical (unpaired) electrons. The number of halogens is 1. The number of ketones is 2. The number of hydrogen-bond acceptors (Lipinski definition) is 3. The number of benzene rings is 1. The van der Waals surface area contributed by atoms with E-state index in [0.29, 0.717) is 16.7 Å².